The van der Waals surface area contributed by atoms with Gasteiger partial charge in [-0.3, -0.25) is 9.59 Å². The minimum atomic E-state index is -0.581. The number of hydrogen-bond donors (Lipinski definition) is 2. The molecule has 0 unspecified atom stereocenters. The van der Waals surface area contributed by atoms with E-state index >= 15 is 0 Å². The zero-order valence-electron chi connectivity index (χ0n) is 17.4. The van der Waals surface area contributed by atoms with Gasteiger partial charge in [0, 0.05) is 24.1 Å². The van der Waals surface area contributed by atoms with E-state index in [1.165, 1.54) is 37.8 Å². The summed E-state index contributed by atoms with van der Waals surface area (Å²) in [7, 11) is 0. The van der Waals surface area contributed by atoms with E-state index in [4.69, 9.17) is 9.47 Å². The highest BCUT2D eigenvalue weighted by molar-refractivity contribution is 6.01. The molecule has 2 amide bonds. The van der Waals surface area contributed by atoms with E-state index < -0.39 is 11.7 Å². The average Bonchev–Trinajstić information content (AvgIpc) is 3.17. The van der Waals surface area contributed by atoms with Crippen LogP contribution in [0.4, 0.5) is 10.1 Å². The van der Waals surface area contributed by atoms with Crippen LogP contribution in [0.2, 0.25) is 0 Å². The Morgan fingerprint density at radius 1 is 1.17 bits per heavy atom. The Balaban J connectivity index is 1.34. The van der Waals surface area contributed by atoms with Gasteiger partial charge < -0.3 is 20.1 Å². The predicted molar refractivity (Wildman–Crippen MR) is 110 cm³/mol. The number of carbonyl (C=O) groups excluding carboxylic acids is 2. The first-order chi connectivity index (χ1) is 14.6. The summed E-state index contributed by atoms with van der Waals surface area (Å²) < 4.78 is 25.3. The van der Waals surface area contributed by atoms with Crippen molar-refractivity contribution in [2.75, 3.05) is 25.1 Å². The van der Waals surface area contributed by atoms with Gasteiger partial charge in [-0.1, -0.05) is 31.7 Å². The number of anilines is 1. The standard InChI is InChI=1S/C23H31FN2O4/c24-16-6-7-17-18(15-20(27)26-19(17)14-16)21(28)25-11-5-10-23(22-29-12-13-30-22)8-3-1-2-4-9-23/h6-7,14,18,22H,1-5,8-13,15H2,(H,25,28)(H,26,27)/t18-/m1/s1. The van der Waals surface area contributed by atoms with Gasteiger partial charge in [-0.05, 0) is 43.4 Å². The minimum absolute atomic E-state index is 0.0343. The number of nitrogens with one attached hydrogen (secondary N) is 2. The third-order valence-corrected chi connectivity index (χ3v) is 6.74. The van der Waals surface area contributed by atoms with Crippen LogP contribution in [0.5, 0.6) is 0 Å². The molecule has 0 spiro atoms. The molecule has 6 nitrogen and oxygen atoms in total. The molecule has 4 rings (SSSR count). The first kappa shape index (κ1) is 21.2. The molecule has 7 heteroatoms. The van der Waals surface area contributed by atoms with Gasteiger partial charge in [-0.15, -0.1) is 0 Å². The van der Waals surface area contributed by atoms with Crippen LogP contribution in [-0.4, -0.2) is 37.9 Å². The lowest BCUT2D eigenvalue weighted by atomic mass is 9.75. The number of fused-ring (bicyclic) bond motifs is 1. The molecule has 2 aliphatic heterocycles. The molecule has 2 N–H and O–H groups in total. The largest absolute Gasteiger partial charge is 0.356 e. The molecule has 30 heavy (non-hydrogen) atoms. The lowest BCUT2D eigenvalue weighted by Crippen LogP contribution is -2.38. The van der Waals surface area contributed by atoms with Gasteiger partial charge in [0.25, 0.3) is 0 Å². The maximum Gasteiger partial charge on any atom is 0.228 e. The summed E-state index contributed by atoms with van der Waals surface area (Å²) in [4.78, 5) is 24.8. The third kappa shape index (κ3) is 4.67. The van der Waals surface area contributed by atoms with Crippen LogP contribution in [0.3, 0.4) is 0 Å². The van der Waals surface area contributed by atoms with E-state index in [2.05, 4.69) is 10.6 Å². The zero-order valence-corrected chi connectivity index (χ0v) is 17.4. The maximum atomic E-state index is 13.5. The zero-order chi connectivity index (χ0) is 21.0. The van der Waals surface area contributed by atoms with Crippen molar-refractivity contribution in [3.8, 4) is 0 Å². The van der Waals surface area contributed by atoms with Crippen LogP contribution in [0, 0.1) is 11.2 Å². The molecule has 0 aromatic heterocycles. The van der Waals surface area contributed by atoms with Crippen LogP contribution < -0.4 is 10.6 Å². The van der Waals surface area contributed by atoms with E-state index in [0.29, 0.717) is 31.0 Å². The Hall–Kier alpha value is -1.99. The summed E-state index contributed by atoms with van der Waals surface area (Å²) in [6, 6.07) is 4.18. The van der Waals surface area contributed by atoms with E-state index in [1.54, 1.807) is 6.07 Å². The highest BCUT2D eigenvalue weighted by atomic mass is 19.1. The van der Waals surface area contributed by atoms with Crippen molar-refractivity contribution in [1.82, 2.24) is 5.32 Å². The van der Waals surface area contributed by atoms with Crippen molar-refractivity contribution in [2.24, 2.45) is 5.41 Å². The van der Waals surface area contributed by atoms with Crippen molar-refractivity contribution in [1.29, 1.82) is 0 Å². The normalized spacial score (nSPS) is 24.0. The molecule has 1 aromatic carbocycles. The smallest absolute Gasteiger partial charge is 0.228 e. The molecule has 1 aliphatic carbocycles. The Labute approximate surface area is 176 Å². The molecule has 164 valence electrons. The van der Waals surface area contributed by atoms with Gasteiger partial charge in [0.05, 0.1) is 19.1 Å². The van der Waals surface area contributed by atoms with Crippen LogP contribution in [0.25, 0.3) is 0 Å². The van der Waals surface area contributed by atoms with Gasteiger partial charge >= 0.3 is 0 Å². The Morgan fingerprint density at radius 3 is 2.63 bits per heavy atom. The maximum absolute atomic E-state index is 13.5. The Kier molecular flexibility index (Phi) is 6.68. The van der Waals surface area contributed by atoms with E-state index in [0.717, 1.165) is 25.7 Å². The summed E-state index contributed by atoms with van der Waals surface area (Å²) in [5.41, 5.74) is 1.09. The Bertz CT molecular complexity index is 770. The highest BCUT2D eigenvalue weighted by Gasteiger charge is 2.42. The lowest BCUT2D eigenvalue weighted by molar-refractivity contribution is -0.143. The van der Waals surface area contributed by atoms with Gasteiger partial charge in [0.15, 0.2) is 6.29 Å². The summed E-state index contributed by atoms with van der Waals surface area (Å²) in [6.45, 7) is 1.86. The summed E-state index contributed by atoms with van der Waals surface area (Å²) >= 11 is 0. The van der Waals surface area contributed by atoms with Crippen molar-refractivity contribution in [3.63, 3.8) is 0 Å². The monoisotopic (exact) mass is 418 g/mol. The molecular formula is C23H31FN2O4. The number of hydrogen-bond acceptors (Lipinski definition) is 4. The fourth-order valence-electron chi connectivity index (χ4n) is 5.19. The molecule has 2 fully saturated rings. The molecule has 3 aliphatic rings. The number of halogens is 1. The second kappa shape index (κ2) is 9.43. The van der Waals surface area contributed by atoms with Crippen molar-refractivity contribution in [2.45, 2.75) is 70.0 Å². The fraction of sp³-hybridized carbons (Fsp3) is 0.652. The van der Waals surface area contributed by atoms with Gasteiger partial charge in [-0.2, -0.15) is 0 Å². The summed E-state index contributed by atoms with van der Waals surface area (Å²) in [5.74, 6) is -1.45. The number of benzene rings is 1. The summed E-state index contributed by atoms with van der Waals surface area (Å²) in [6.07, 6.45) is 8.85. The van der Waals surface area contributed by atoms with E-state index in [9.17, 15) is 14.0 Å². The lowest BCUT2D eigenvalue weighted by Gasteiger charge is -2.37. The second-order valence-corrected chi connectivity index (χ2v) is 8.78. The fourth-order valence-corrected chi connectivity index (χ4v) is 5.19. The first-order valence-electron chi connectivity index (χ1n) is 11.2. The quantitative estimate of drug-likeness (QED) is 0.543. The first-order valence-corrected chi connectivity index (χ1v) is 11.2. The number of amides is 2. The molecular weight excluding hydrogens is 387 g/mol. The number of ether oxygens (including phenoxy) is 2. The molecule has 1 atom stereocenters. The van der Waals surface area contributed by atoms with Gasteiger partial charge in [-0.25, -0.2) is 4.39 Å². The number of carbonyl (C=O) groups is 2. The van der Waals surface area contributed by atoms with Crippen LogP contribution >= 0.6 is 0 Å². The molecule has 0 radical (unpaired) electrons. The van der Waals surface area contributed by atoms with Crippen LogP contribution in [0.15, 0.2) is 18.2 Å². The average molecular weight is 419 g/mol. The SMILES string of the molecule is O=C1C[C@@H](C(=O)NCCCC2(C3OCCO3)CCCCCC2)c2ccc(F)cc2N1. The minimum Gasteiger partial charge on any atom is -0.356 e. The third-order valence-electron chi connectivity index (χ3n) is 6.74. The topological polar surface area (TPSA) is 76.7 Å². The molecule has 1 saturated carbocycles. The van der Waals surface area contributed by atoms with Crippen molar-refractivity contribution in [3.05, 3.63) is 29.6 Å². The van der Waals surface area contributed by atoms with E-state index in [-0.39, 0.29) is 29.9 Å². The van der Waals surface area contributed by atoms with Crippen LogP contribution in [0.1, 0.15) is 69.3 Å². The molecule has 0 bridgehead atoms. The molecule has 1 aromatic rings. The Morgan fingerprint density at radius 2 is 1.90 bits per heavy atom. The molecule has 2 heterocycles. The highest BCUT2D eigenvalue weighted by Crippen LogP contribution is 2.44. The number of rotatable bonds is 6. The van der Waals surface area contributed by atoms with Crippen molar-refractivity contribution >= 4 is 17.5 Å². The van der Waals surface area contributed by atoms with Crippen LogP contribution in [-0.2, 0) is 19.1 Å². The van der Waals surface area contributed by atoms with Gasteiger partial charge in [0.2, 0.25) is 11.8 Å². The van der Waals surface area contributed by atoms with Crippen molar-refractivity contribution < 1.29 is 23.5 Å². The second-order valence-electron chi connectivity index (χ2n) is 8.78. The molecule has 1 saturated heterocycles. The van der Waals surface area contributed by atoms with Gasteiger partial charge in [0.1, 0.15) is 5.82 Å². The predicted octanol–water partition coefficient (Wildman–Crippen LogP) is 3.86. The summed E-state index contributed by atoms with van der Waals surface area (Å²) in [5, 5.41) is 5.65. The van der Waals surface area contributed by atoms with E-state index in [1.807, 2.05) is 0 Å².